The lowest BCUT2D eigenvalue weighted by Gasteiger charge is -2.09. The van der Waals surface area contributed by atoms with E-state index in [1.807, 2.05) is 41.0 Å². The smallest absolute Gasteiger partial charge is 0.230 e. The molecule has 5 nitrogen and oxygen atoms in total. The molecule has 150 valence electrons. The number of nitrogens with zero attached hydrogens (tertiary/aromatic N) is 3. The summed E-state index contributed by atoms with van der Waals surface area (Å²) in [6, 6.07) is 15.6. The summed E-state index contributed by atoms with van der Waals surface area (Å²) in [6.45, 7) is 7.06. The summed E-state index contributed by atoms with van der Waals surface area (Å²) in [6.07, 6.45) is 2.60. The summed E-state index contributed by atoms with van der Waals surface area (Å²) in [7, 11) is 0. The maximum Gasteiger partial charge on any atom is 0.230 e. The second kappa shape index (κ2) is 10.3. The van der Waals surface area contributed by atoms with E-state index < -0.39 is 0 Å². The molecule has 0 fully saturated rings. The van der Waals surface area contributed by atoms with Gasteiger partial charge in [0.05, 0.1) is 5.75 Å². The normalized spacial score (nSPS) is 10.7. The van der Waals surface area contributed by atoms with Crippen LogP contribution in [0.4, 0.5) is 0 Å². The van der Waals surface area contributed by atoms with Gasteiger partial charge in [-0.15, -0.1) is 16.8 Å². The van der Waals surface area contributed by atoms with Gasteiger partial charge in [-0.1, -0.05) is 53.7 Å². The summed E-state index contributed by atoms with van der Waals surface area (Å²) in [4.78, 5) is 12.3. The number of aromatic nitrogens is 3. The molecule has 0 unspecified atom stereocenters. The molecule has 0 saturated heterocycles. The van der Waals surface area contributed by atoms with Crippen LogP contribution >= 0.6 is 23.4 Å². The monoisotopic (exact) mass is 426 g/mol. The fourth-order valence-electron chi connectivity index (χ4n) is 2.91. The van der Waals surface area contributed by atoms with Crippen LogP contribution in [-0.2, 0) is 17.8 Å². The standard InChI is InChI=1S/C22H23ClN4OS/c1-3-14-27-21(18-8-10-19(23)11-9-18)25-26-22(27)29-15-20(28)24-13-12-17-7-5-4-6-16(17)2/h3-11H,1,12-15H2,2H3,(H,24,28). The van der Waals surface area contributed by atoms with E-state index in [4.69, 9.17) is 11.6 Å². The van der Waals surface area contributed by atoms with E-state index in [0.29, 0.717) is 23.3 Å². The lowest BCUT2D eigenvalue weighted by atomic mass is 10.1. The Labute approximate surface area is 180 Å². The van der Waals surface area contributed by atoms with Gasteiger partial charge < -0.3 is 5.32 Å². The fraction of sp³-hybridized carbons (Fsp3) is 0.227. The van der Waals surface area contributed by atoms with Crippen LogP contribution in [0.25, 0.3) is 11.4 Å². The topological polar surface area (TPSA) is 59.8 Å². The van der Waals surface area contributed by atoms with Gasteiger partial charge in [-0.3, -0.25) is 9.36 Å². The van der Waals surface area contributed by atoms with Crippen LogP contribution in [0.2, 0.25) is 5.02 Å². The molecule has 1 aromatic heterocycles. The van der Waals surface area contributed by atoms with Gasteiger partial charge in [0, 0.05) is 23.7 Å². The number of aryl methyl sites for hydroxylation is 1. The number of amides is 1. The van der Waals surface area contributed by atoms with Crippen molar-refractivity contribution >= 4 is 29.3 Å². The Bertz CT molecular complexity index is 985. The quantitative estimate of drug-likeness (QED) is 0.403. The lowest BCUT2D eigenvalue weighted by molar-refractivity contribution is -0.118. The number of carbonyl (C=O) groups excluding carboxylic acids is 1. The van der Waals surface area contributed by atoms with E-state index in [9.17, 15) is 4.79 Å². The molecule has 3 rings (SSSR count). The summed E-state index contributed by atoms with van der Waals surface area (Å²) >= 11 is 7.34. The molecule has 0 bridgehead atoms. The Kier molecular flexibility index (Phi) is 7.49. The van der Waals surface area contributed by atoms with Crippen LogP contribution in [0.3, 0.4) is 0 Å². The van der Waals surface area contributed by atoms with Crippen LogP contribution in [0.1, 0.15) is 11.1 Å². The summed E-state index contributed by atoms with van der Waals surface area (Å²) in [5.74, 6) is 0.984. The number of rotatable bonds is 9. The number of halogens is 1. The molecule has 1 heterocycles. The highest BCUT2D eigenvalue weighted by Crippen LogP contribution is 2.25. The van der Waals surface area contributed by atoms with Gasteiger partial charge in [0.15, 0.2) is 11.0 Å². The number of hydrogen-bond acceptors (Lipinski definition) is 4. The van der Waals surface area contributed by atoms with Crippen LogP contribution in [0, 0.1) is 6.92 Å². The number of allylic oxidation sites excluding steroid dienone is 1. The van der Waals surface area contributed by atoms with Crippen molar-refractivity contribution in [3.63, 3.8) is 0 Å². The molecular formula is C22H23ClN4OS. The highest BCUT2D eigenvalue weighted by atomic mass is 35.5. The minimum absolute atomic E-state index is 0.0234. The summed E-state index contributed by atoms with van der Waals surface area (Å²) in [5, 5.41) is 12.9. The molecule has 1 N–H and O–H groups in total. The van der Waals surface area contributed by atoms with Gasteiger partial charge in [0.1, 0.15) is 0 Å². The molecule has 0 aliphatic rings. The van der Waals surface area contributed by atoms with Crippen molar-refractivity contribution in [2.24, 2.45) is 0 Å². The number of carbonyl (C=O) groups is 1. The molecule has 29 heavy (non-hydrogen) atoms. The van der Waals surface area contributed by atoms with E-state index in [2.05, 4.69) is 41.1 Å². The second-order valence-electron chi connectivity index (χ2n) is 6.53. The summed E-state index contributed by atoms with van der Waals surface area (Å²) in [5.41, 5.74) is 3.40. The molecule has 0 atom stereocenters. The molecule has 0 aliphatic carbocycles. The van der Waals surface area contributed by atoms with Crippen molar-refractivity contribution in [3.05, 3.63) is 77.3 Å². The van der Waals surface area contributed by atoms with E-state index in [1.165, 1.54) is 22.9 Å². The highest BCUT2D eigenvalue weighted by molar-refractivity contribution is 7.99. The van der Waals surface area contributed by atoms with Gasteiger partial charge in [0.2, 0.25) is 5.91 Å². The Morgan fingerprint density at radius 1 is 1.21 bits per heavy atom. The molecule has 7 heteroatoms. The molecule has 0 aliphatic heterocycles. The zero-order chi connectivity index (χ0) is 20.6. The van der Waals surface area contributed by atoms with Crippen LogP contribution in [-0.4, -0.2) is 33.0 Å². The van der Waals surface area contributed by atoms with Crippen LogP contribution < -0.4 is 5.32 Å². The number of hydrogen-bond donors (Lipinski definition) is 1. The maximum absolute atomic E-state index is 12.3. The van der Waals surface area contributed by atoms with E-state index in [1.54, 1.807) is 6.08 Å². The van der Waals surface area contributed by atoms with Crippen molar-refractivity contribution in [1.82, 2.24) is 20.1 Å². The van der Waals surface area contributed by atoms with Gasteiger partial charge in [-0.2, -0.15) is 0 Å². The average molecular weight is 427 g/mol. The predicted molar refractivity (Wildman–Crippen MR) is 119 cm³/mol. The second-order valence-corrected chi connectivity index (χ2v) is 7.91. The highest BCUT2D eigenvalue weighted by Gasteiger charge is 2.15. The lowest BCUT2D eigenvalue weighted by Crippen LogP contribution is -2.27. The first kappa shape index (κ1) is 21.1. The van der Waals surface area contributed by atoms with Gasteiger partial charge >= 0.3 is 0 Å². The van der Waals surface area contributed by atoms with Gasteiger partial charge in [-0.05, 0) is 48.7 Å². The number of nitrogens with one attached hydrogen (secondary N) is 1. The number of benzene rings is 2. The van der Waals surface area contributed by atoms with Crippen LogP contribution in [0.5, 0.6) is 0 Å². The average Bonchev–Trinajstić information content (AvgIpc) is 3.11. The third kappa shape index (κ3) is 5.71. The van der Waals surface area contributed by atoms with E-state index in [0.717, 1.165) is 17.8 Å². The Morgan fingerprint density at radius 3 is 2.69 bits per heavy atom. The predicted octanol–water partition coefficient (Wildman–Crippen LogP) is 4.54. The molecule has 1 amide bonds. The van der Waals surface area contributed by atoms with Gasteiger partial charge in [0.25, 0.3) is 0 Å². The van der Waals surface area contributed by atoms with Crippen molar-refractivity contribution in [2.45, 2.75) is 25.0 Å². The molecule has 0 saturated carbocycles. The SMILES string of the molecule is C=CCn1c(SCC(=O)NCCc2ccccc2C)nnc1-c1ccc(Cl)cc1. The minimum Gasteiger partial charge on any atom is -0.355 e. The fourth-order valence-corrected chi connectivity index (χ4v) is 3.81. The Hall–Kier alpha value is -2.57. The zero-order valence-corrected chi connectivity index (χ0v) is 17.8. The number of thioether (sulfide) groups is 1. The van der Waals surface area contributed by atoms with E-state index >= 15 is 0 Å². The van der Waals surface area contributed by atoms with Gasteiger partial charge in [-0.25, -0.2) is 0 Å². The van der Waals surface area contributed by atoms with Crippen molar-refractivity contribution in [3.8, 4) is 11.4 Å². The largest absolute Gasteiger partial charge is 0.355 e. The van der Waals surface area contributed by atoms with Crippen molar-refractivity contribution < 1.29 is 4.79 Å². The summed E-state index contributed by atoms with van der Waals surface area (Å²) < 4.78 is 1.95. The first-order valence-electron chi connectivity index (χ1n) is 9.32. The first-order valence-corrected chi connectivity index (χ1v) is 10.7. The van der Waals surface area contributed by atoms with Crippen molar-refractivity contribution in [1.29, 1.82) is 0 Å². The Balaban J connectivity index is 1.58. The molecular weight excluding hydrogens is 404 g/mol. The molecule has 2 aromatic carbocycles. The van der Waals surface area contributed by atoms with Crippen LogP contribution in [0.15, 0.2) is 66.3 Å². The third-order valence-electron chi connectivity index (χ3n) is 4.44. The van der Waals surface area contributed by atoms with Crippen molar-refractivity contribution in [2.75, 3.05) is 12.3 Å². The first-order chi connectivity index (χ1) is 14.1. The molecule has 0 radical (unpaired) electrons. The van der Waals surface area contributed by atoms with E-state index in [-0.39, 0.29) is 11.7 Å². The Morgan fingerprint density at radius 2 is 1.97 bits per heavy atom. The minimum atomic E-state index is -0.0234. The third-order valence-corrected chi connectivity index (χ3v) is 5.66. The molecule has 3 aromatic rings. The molecule has 0 spiro atoms. The zero-order valence-electron chi connectivity index (χ0n) is 16.3. The maximum atomic E-state index is 12.3.